The molecule has 0 saturated carbocycles. The van der Waals surface area contributed by atoms with Crippen molar-refractivity contribution >= 4 is 11.6 Å². The third kappa shape index (κ3) is 4.80. The van der Waals surface area contributed by atoms with Crippen LogP contribution in [0.25, 0.3) is 0 Å². The summed E-state index contributed by atoms with van der Waals surface area (Å²) in [5.74, 6) is 0.861. The highest BCUT2D eigenvalue weighted by atomic mass is 35.5. The first-order valence-corrected chi connectivity index (χ1v) is 6.28. The summed E-state index contributed by atoms with van der Waals surface area (Å²) in [5, 5.41) is 4.01. The number of nitrogens with one attached hydrogen (secondary N) is 1. The molecule has 0 bridgehead atoms. The summed E-state index contributed by atoms with van der Waals surface area (Å²) in [6.07, 6.45) is 0.868. The first kappa shape index (κ1) is 14.1. The first-order chi connectivity index (χ1) is 8.15. The van der Waals surface area contributed by atoms with Crippen molar-refractivity contribution in [2.45, 2.75) is 26.8 Å². The van der Waals surface area contributed by atoms with Crippen molar-refractivity contribution < 1.29 is 4.74 Å². The van der Waals surface area contributed by atoms with E-state index in [4.69, 9.17) is 16.3 Å². The molecule has 0 atom stereocenters. The van der Waals surface area contributed by atoms with Gasteiger partial charge in [0.1, 0.15) is 5.75 Å². The Morgan fingerprint density at radius 3 is 2.88 bits per heavy atom. The fourth-order valence-electron chi connectivity index (χ4n) is 1.43. The van der Waals surface area contributed by atoms with Crippen LogP contribution in [0.5, 0.6) is 5.75 Å². The quantitative estimate of drug-likeness (QED) is 0.747. The third-order valence-electron chi connectivity index (χ3n) is 2.41. The summed E-state index contributed by atoms with van der Waals surface area (Å²) in [6, 6.07) is 5.75. The van der Waals surface area contributed by atoms with Crippen molar-refractivity contribution in [3.63, 3.8) is 0 Å². The van der Waals surface area contributed by atoms with Gasteiger partial charge in [-0.05, 0) is 25.6 Å². The fraction of sp³-hybridized carbons (Fsp3) is 0.429. The van der Waals surface area contributed by atoms with Gasteiger partial charge in [-0.3, -0.25) is 0 Å². The van der Waals surface area contributed by atoms with Crippen LogP contribution in [-0.4, -0.2) is 13.2 Å². The summed E-state index contributed by atoms with van der Waals surface area (Å²) in [7, 11) is 0. The molecule has 0 aliphatic rings. The molecule has 0 spiro atoms. The van der Waals surface area contributed by atoms with Crippen molar-refractivity contribution in [1.29, 1.82) is 0 Å². The Morgan fingerprint density at radius 1 is 1.47 bits per heavy atom. The van der Waals surface area contributed by atoms with Gasteiger partial charge in [0.05, 0.1) is 6.61 Å². The van der Waals surface area contributed by atoms with Crippen LogP contribution in [0.3, 0.4) is 0 Å². The number of rotatable bonds is 7. The molecule has 1 aromatic carbocycles. The molecule has 1 rings (SSSR count). The molecule has 2 nitrogen and oxygen atoms in total. The molecule has 1 aromatic rings. The van der Waals surface area contributed by atoms with Crippen LogP contribution in [0.2, 0.25) is 5.02 Å². The zero-order chi connectivity index (χ0) is 12.7. The van der Waals surface area contributed by atoms with E-state index in [9.17, 15) is 0 Å². The van der Waals surface area contributed by atoms with E-state index in [1.165, 1.54) is 0 Å². The van der Waals surface area contributed by atoms with Crippen molar-refractivity contribution in [3.05, 3.63) is 40.9 Å². The molecule has 0 unspecified atom stereocenters. The maximum atomic E-state index is 6.17. The van der Waals surface area contributed by atoms with Crippen LogP contribution in [0.15, 0.2) is 30.4 Å². The molecular formula is C14H20ClNO. The number of hydrogen-bond acceptors (Lipinski definition) is 2. The first-order valence-electron chi connectivity index (χ1n) is 5.90. The maximum Gasteiger partial charge on any atom is 0.125 e. The second-order valence-corrected chi connectivity index (χ2v) is 4.46. The Balaban J connectivity index is 2.68. The molecule has 0 radical (unpaired) electrons. The molecular weight excluding hydrogens is 234 g/mol. The average Bonchev–Trinajstić information content (AvgIpc) is 2.28. The van der Waals surface area contributed by atoms with E-state index in [2.05, 4.69) is 18.8 Å². The third-order valence-corrected chi connectivity index (χ3v) is 2.77. The minimum absolute atomic E-state index is 0.648. The summed E-state index contributed by atoms with van der Waals surface area (Å²) < 4.78 is 5.74. The smallest absolute Gasteiger partial charge is 0.125 e. The van der Waals surface area contributed by atoms with E-state index in [-0.39, 0.29) is 0 Å². The van der Waals surface area contributed by atoms with E-state index in [0.717, 1.165) is 41.4 Å². The summed E-state index contributed by atoms with van der Waals surface area (Å²) in [4.78, 5) is 0. The zero-order valence-corrected chi connectivity index (χ0v) is 11.3. The highest BCUT2D eigenvalue weighted by molar-refractivity contribution is 6.31. The van der Waals surface area contributed by atoms with E-state index in [1.54, 1.807) is 0 Å². The Hall–Kier alpha value is -0.990. The lowest BCUT2D eigenvalue weighted by molar-refractivity contribution is 0.317. The molecule has 0 heterocycles. The largest absolute Gasteiger partial charge is 0.493 e. The second kappa shape index (κ2) is 7.36. The van der Waals surface area contributed by atoms with Gasteiger partial charge in [0.2, 0.25) is 0 Å². The van der Waals surface area contributed by atoms with Gasteiger partial charge in [0, 0.05) is 23.6 Å². The SMILES string of the molecule is C=C(C)CCOc1cccc(Cl)c1CNCC. The minimum atomic E-state index is 0.648. The lowest BCUT2D eigenvalue weighted by Gasteiger charge is -2.13. The van der Waals surface area contributed by atoms with Gasteiger partial charge in [-0.2, -0.15) is 0 Å². The number of hydrogen-bond donors (Lipinski definition) is 1. The fourth-order valence-corrected chi connectivity index (χ4v) is 1.66. The second-order valence-electron chi connectivity index (χ2n) is 4.05. The molecule has 1 N–H and O–H groups in total. The predicted octanol–water partition coefficient (Wildman–Crippen LogP) is 3.79. The van der Waals surface area contributed by atoms with E-state index >= 15 is 0 Å². The number of ether oxygens (including phenoxy) is 1. The monoisotopic (exact) mass is 253 g/mol. The molecule has 0 aliphatic heterocycles. The van der Waals surface area contributed by atoms with Crippen LogP contribution in [-0.2, 0) is 6.54 Å². The lowest BCUT2D eigenvalue weighted by atomic mass is 10.2. The Bertz CT molecular complexity index is 376. The minimum Gasteiger partial charge on any atom is -0.493 e. The lowest BCUT2D eigenvalue weighted by Crippen LogP contribution is -2.13. The van der Waals surface area contributed by atoms with Gasteiger partial charge in [-0.1, -0.05) is 30.2 Å². The van der Waals surface area contributed by atoms with Crippen molar-refractivity contribution in [2.24, 2.45) is 0 Å². The van der Waals surface area contributed by atoms with Gasteiger partial charge < -0.3 is 10.1 Å². The van der Waals surface area contributed by atoms with E-state index < -0.39 is 0 Å². The highest BCUT2D eigenvalue weighted by Gasteiger charge is 2.07. The van der Waals surface area contributed by atoms with Gasteiger partial charge >= 0.3 is 0 Å². The van der Waals surface area contributed by atoms with Gasteiger partial charge in [0.15, 0.2) is 0 Å². The van der Waals surface area contributed by atoms with Crippen LogP contribution in [0, 0.1) is 0 Å². The molecule has 0 aromatic heterocycles. The normalized spacial score (nSPS) is 10.3. The number of benzene rings is 1. The Kier molecular flexibility index (Phi) is 6.09. The predicted molar refractivity (Wildman–Crippen MR) is 73.8 cm³/mol. The van der Waals surface area contributed by atoms with Crippen LogP contribution < -0.4 is 10.1 Å². The molecule has 17 heavy (non-hydrogen) atoms. The zero-order valence-electron chi connectivity index (χ0n) is 10.6. The van der Waals surface area contributed by atoms with Crippen LogP contribution in [0.4, 0.5) is 0 Å². The summed E-state index contributed by atoms with van der Waals surface area (Å²) in [6.45, 7) is 10.2. The van der Waals surface area contributed by atoms with E-state index in [0.29, 0.717) is 6.61 Å². The van der Waals surface area contributed by atoms with E-state index in [1.807, 2.05) is 25.1 Å². The molecule has 0 fully saturated rings. The van der Waals surface area contributed by atoms with Crippen molar-refractivity contribution in [3.8, 4) is 5.75 Å². The van der Waals surface area contributed by atoms with Crippen molar-refractivity contribution in [1.82, 2.24) is 5.32 Å². The summed E-state index contributed by atoms with van der Waals surface area (Å²) >= 11 is 6.17. The van der Waals surface area contributed by atoms with Crippen LogP contribution in [0.1, 0.15) is 25.8 Å². The molecule has 3 heteroatoms. The summed E-state index contributed by atoms with van der Waals surface area (Å²) in [5.41, 5.74) is 2.15. The molecule has 94 valence electrons. The average molecular weight is 254 g/mol. The Labute approximate surface area is 109 Å². The molecule has 0 aliphatic carbocycles. The molecule has 0 saturated heterocycles. The van der Waals surface area contributed by atoms with Gasteiger partial charge in [-0.25, -0.2) is 0 Å². The standard InChI is InChI=1S/C14H20ClNO/c1-4-16-10-12-13(15)6-5-7-14(12)17-9-8-11(2)3/h5-7,16H,2,4,8-10H2,1,3H3. The number of halogens is 1. The molecule has 0 amide bonds. The Morgan fingerprint density at radius 2 is 2.24 bits per heavy atom. The van der Waals surface area contributed by atoms with Crippen molar-refractivity contribution in [2.75, 3.05) is 13.2 Å². The highest BCUT2D eigenvalue weighted by Crippen LogP contribution is 2.26. The maximum absolute atomic E-state index is 6.17. The van der Waals surface area contributed by atoms with Crippen LogP contribution >= 0.6 is 11.6 Å². The van der Waals surface area contributed by atoms with Gasteiger partial charge in [0.25, 0.3) is 0 Å². The van der Waals surface area contributed by atoms with Gasteiger partial charge in [-0.15, -0.1) is 6.58 Å². The topological polar surface area (TPSA) is 21.3 Å².